The molecule has 2 heteroatoms. The molecule has 1 aromatic rings. The first-order chi connectivity index (χ1) is 5.33. The third-order valence-electron chi connectivity index (χ3n) is 1.08. The van der Waals surface area contributed by atoms with Crippen LogP contribution < -0.4 is 0 Å². The fourth-order valence-electron chi connectivity index (χ4n) is 0.634. The van der Waals surface area contributed by atoms with Gasteiger partial charge < -0.3 is 5.11 Å². The fraction of sp³-hybridized carbons (Fsp3) is 0.111. The quantitative estimate of drug-likeness (QED) is 0.687. The minimum absolute atomic E-state index is 0.757. The largest absolute Gasteiger partial charge is 0.400 e. The summed E-state index contributed by atoms with van der Waals surface area (Å²) < 4.78 is 0. The van der Waals surface area contributed by atoms with Gasteiger partial charge in [0.1, 0.15) is 0 Å². The van der Waals surface area contributed by atoms with Crippen LogP contribution in [-0.2, 0) is 0 Å². The van der Waals surface area contributed by atoms with Crippen molar-refractivity contribution in [3.05, 3.63) is 41.4 Å². The second-order valence-corrected chi connectivity index (χ2v) is 2.20. The molecular formula is C9H11ClO. The number of hydrogen-bond acceptors (Lipinski definition) is 1. The molecule has 0 aliphatic carbocycles. The van der Waals surface area contributed by atoms with Crippen LogP contribution in [0.3, 0.4) is 0 Å². The van der Waals surface area contributed by atoms with E-state index in [0.29, 0.717) is 0 Å². The summed E-state index contributed by atoms with van der Waals surface area (Å²) in [4.78, 5) is 0. The van der Waals surface area contributed by atoms with E-state index in [1.54, 1.807) is 6.08 Å². The van der Waals surface area contributed by atoms with Gasteiger partial charge in [0.15, 0.2) is 0 Å². The zero-order chi connectivity index (χ0) is 8.69. The van der Waals surface area contributed by atoms with Crippen LogP contribution in [0.1, 0.15) is 5.56 Å². The van der Waals surface area contributed by atoms with Crippen LogP contribution in [0.25, 0.3) is 6.08 Å². The summed E-state index contributed by atoms with van der Waals surface area (Å²) in [6.07, 6.45) is 1.77. The Morgan fingerprint density at radius 3 is 2.45 bits per heavy atom. The van der Waals surface area contributed by atoms with Gasteiger partial charge in [-0.05, 0) is 17.7 Å². The van der Waals surface area contributed by atoms with E-state index in [1.807, 2.05) is 24.3 Å². The zero-order valence-corrected chi connectivity index (χ0v) is 7.17. The van der Waals surface area contributed by atoms with E-state index < -0.39 is 0 Å². The highest BCUT2D eigenvalue weighted by atomic mass is 35.5. The molecule has 0 atom stereocenters. The molecule has 0 fully saturated rings. The van der Waals surface area contributed by atoms with Crippen LogP contribution >= 0.6 is 11.6 Å². The minimum Gasteiger partial charge on any atom is -0.400 e. The average molecular weight is 171 g/mol. The first-order valence-corrected chi connectivity index (χ1v) is 3.53. The molecule has 0 spiro atoms. The predicted octanol–water partition coefficient (Wildman–Crippen LogP) is 2.59. The Bertz CT molecular complexity index is 221. The topological polar surface area (TPSA) is 20.2 Å². The smallest absolute Gasteiger partial charge is 0.0411 e. The molecule has 0 saturated heterocycles. The molecule has 0 saturated carbocycles. The third kappa shape index (κ3) is 3.81. The van der Waals surface area contributed by atoms with Crippen molar-refractivity contribution < 1.29 is 5.11 Å². The molecule has 1 rings (SSSR count). The second kappa shape index (κ2) is 5.96. The first kappa shape index (κ1) is 10.2. The van der Waals surface area contributed by atoms with E-state index >= 15 is 0 Å². The molecule has 0 bridgehead atoms. The number of aliphatic hydroxyl groups is 1. The van der Waals surface area contributed by atoms with E-state index in [2.05, 4.69) is 6.58 Å². The summed E-state index contributed by atoms with van der Waals surface area (Å²) in [5.41, 5.74) is 1.06. The molecule has 0 aliphatic heterocycles. The lowest BCUT2D eigenvalue weighted by molar-refractivity contribution is 0.399. The van der Waals surface area contributed by atoms with Gasteiger partial charge in [-0.15, -0.1) is 0 Å². The van der Waals surface area contributed by atoms with E-state index in [4.69, 9.17) is 16.7 Å². The van der Waals surface area contributed by atoms with E-state index in [-0.39, 0.29) is 0 Å². The van der Waals surface area contributed by atoms with Gasteiger partial charge >= 0.3 is 0 Å². The summed E-state index contributed by atoms with van der Waals surface area (Å²) in [7, 11) is 1.00. The number of benzene rings is 1. The predicted molar refractivity (Wildman–Crippen MR) is 49.7 cm³/mol. The normalized spacial score (nSPS) is 7.91. The highest BCUT2D eigenvalue weighted by Gasteiger charge is 1.85. The van der Waals surface area contributed by atoms with E-state index in [1.165, 1.54) is 0 Å². The van der Waals surface area contributed by atoms with Gasteiger partial charge in [-0.2, -0.15) is 0 Å². The van der Waals surface area contributed by atoms with Crippen molar-refractivity contribution in [1.82, 2.24) is 0 Å². The average Bonchev–Trinajstić information content (AvgIpc) is 2.08. The Morgan fingerprint density at radius 2 is 2.09 bits per heavy atom. The number of hydrogen-bond donors (Lipinski definition) is 1. The molecule has 1 N–H and O–H groups in total. The van der Waals surface area contributed by atoms with Gasteiger partial charge in [-0.1, -0.05) is 36.4 Å². The third-order valence-corrected chi connectivity index (χ3v) is 1.32. The zero-order valence-electron chi connectivity index (χ0n) is 6.42. The monoisotopic (exact) mass is 170 g/mol. The van der Waals surface area contributed by atoms with Crippen LogP contribution in [-0.4, -0.2) is 12.2 Å². The first-order valence-electron chi connectivity index (χ1n) is 3.15. The molecule has 0 unspecified atom stereocenters. The SMILES string of the molecule is C=Cc1cccc(Cl)c1.CO. The maximum atomic E-state index is 7.00. The van der Waals surface area contributed by atoms with Crippen molar-refractivity contribution in [1.29, 1.82) is 0 Å². The second-order valence-electron chi connectivity index (χ2n) is 1.76. The maximum absolute atomic E-state index is 7.00. The van der Waals surface area contributed by atoms with Crippen LogP contribution in [0, 0.1) is 0 Å². The van der Waals surface area contributed by atoms with Crippen molar-refractivity contribution in [2.24, 2.45) is 0 Å². The number of aliphatic hydroxyl groups excluding tert-OH is 1. The van der Waals surface area contributed by atoms with Gasteiger partial charge in [0, 0.05) is 12.1 Å². The van der Waals surface area contributed by atoms with Gasteiger partial charge in [0.2, 0.25) is 0 Å². The molecule has 0 amide bonds. The van der Waals surface area contributed by atoms with Gasteiger partial charge in [0.05, 0.1) is 0 Å². The Hall–Kier alpha value is -0.790. The van der Waals surface area contributed by atoms with Crippen molar-refractivity contribution in [2.45, 2.75) is 0 Å². The summed E-state index contributed by atoms with van der Waals surface area (Å²) >= 11 is 5.68. The maximum Gasteiger partial charge on any atom is 0.0411 e. The summed E-state index contributed by atoms with van der Waals surface area (Å²) in [6.45, 7) is 3.61. The lowest BCUT2D eigenvalue weighted by Crippen LogP contribution is -1.67. The fourth-order valence-corrected chi connectivity index (χ4v) is 0.832. The van der Waals surface area contributed by atoms with E-state index in [0.717, 1.165) is 17.7 Å². The molecule has 60 valence electrons. The number of rotatable bonds is 1. The van der Waals surface area contributed by atoms with Crippen LogP contribution in [0.2, 0.25) is 5.02 Å². The van der Waals surface area contributed by atoms with Crippen LogP contribution in [0.15, 0.2) is 30.8 Å². The molecule has 0 heterocycles. The molecule has 11 heavy (non-hydrogen) atoms. The Morgan fingerprint density at radius 1 is 1.45 bits per heavy atom. The summed E-state index contributed by atoms with van der Waals surface area (Å²) in [5.74, 6) is 0. The minimum atomic E-state index is 0.757. The van der Waals surface area contributed by atoms with Crippen molar-refractivity contribution in [3.63, 3.8) is 0 Å². The van der Waals surface area contributed by atoms with Gasteiger partial charge in [-0.3, -0.25) is 0 Å². The molecule has 0 radical (unpaired) electrons. The Kier molecular flexibility index (Phi) is 5.53. The lowest BCUT2D eigenvalue weighted by atomic mass is 10.2. The molecular weight excluding hydrogens is 160 g/mol. The van der Waals surface area contributed by atoms with Crippen molar-refractivity contribution >= 4 is 17.7 Å². The van der Waals surface area contributed by atoms with Crippen molar-refractivity contribution in [2.75, 3.05) is 7.11 Å². The lowest BCUT2D eigenvalue weighted by Gasteiger charge is -1.90. The molecule has 0 aromatic heterocycles. The molecule has 1 nitrogen and oxygen atoms in total. The standard InChI is InChI=1S/C8H7Cl.CH4O/c1-2-7-4-3-5-8(9)6-7;1-2/h2-6H,1H2;2H,1H3. The Balaban J connectivity index is 0.000000461. The van der Waals surface area contributed by atoms with Gasteiger partial charge in [0.25, 0.3) is 0 Å². The highest BCUT2D eigenvalue weighted by molar-refractivity contribution is 6.30. The number of halogens is 1. The summed E-state index contributed by atoms with van der Waals surface area (Å²) in [6, 6.07) is 7.57. The van der Waals surface area contributed by atoms with Crippen LogP contribution in [0.4, 0.5) is 0 Å². The summed E-state index contributed by atoms with van der Waals surface area (Å²) in [5, 5.41) is 7.76. The van der Waals surface area contributed by atoms with E-state index in [9.17, 15) is 0 Å². The van der Waals surface area contributed by atoms with Crippen LogP contribution in [0.5, 0.6) is 0 Å². The van der Waals surface area contributed by atoms with Crippen molar-refractivity contribution in [3.8, 4) is 0 Å². The molecule has 0 aliphatic rings. The molecule has 1 aromatic carbocycles. The Labute approximate surface area is 71.9 Å². The van der Waals surface area contributed by atoms with Gasteiger partial charge in [-0.25, -0.2) is 0 Å². The highest BCUT2D eigenvalue weighted by Crippen LogP contribution is 2.10.